The van der Waals surface area contributed by atoms with Gasteiger partial charge in [-0.2, -0.15) is 0 Å². The molecule has 1 aromatic rings. The normalized spacial score (nSPS) is 12.5. The van der Waals surface area contributed by atoms with Crippen LogP contribution in [0.3, 0.4) is 0 Å². The molecule has 0 spiro atoms. The molecule has 0 bridgehead atoms. The van der Waals surface area contributed by atoms with Gasteiger partial charge in [-0.05, 0) is 24.6 Å². The van der Waals surface area contributed by atoms with Crippen LogP contribution in [0.25, 0.3) is 0 Å². The molecule has 0 aliphatic rings. The molecule has 0 saturated carbocycles. The Balaban J connectivity index is 2.55. The van der Waals surface area contributed by atoms with Gasteiger partial charge in [-0.3, -0.25) is 0 Å². The second kappa shape index (κ2) is 5.62. The summed E-state index contributed by atoms with van der Waals surface area (Å²) >= 11 is 0. The average molecular weight is 195 g/mol. The lowest BCUT2D eigenvalue weighted by atomic mass is 10.1. The van der Waals surface area contributed by atoms with E-state index in [1.165, 1.54) is 0 Å². The van der Waals surface area contributed by atoms with Crippen molar-refractivity contribution in [1.29, 1.82) is 0 Å². The lowest BCUT2D eigenvalue weighted by Crippen LogP contribution is -2.07. The van der Waals surface area contributed by atoms with Gasteiger partial charge in [0.15, 0.2) is 0 Å². The number of aliphatic hydroxyl groups excluding tert-OH is 1. The fraction of sp³-hybridized carbons (Fsp3) is 0.455. The van der Waals surface area contributed by atoms with Crippen molar-refractivity contribution in [3.05, 3.63) is 29.8 Å². The van der Waals surface area contributed by atoms with Gasteiger partial charge in [0.05, 0.1) is 12.7 Å². The number of benzene rings is 1. The first kappa shape index (κ1) is 11.0. The number of hydrogen-bond acceptors (Lipinski definition) is 3. The molecule has 0 radical (unpaired) electrons. The summed E-state index contributed by atoms with van der Waals surface area (Å²) in [6.45, 7) is 3.22. The number of aliphatic hydroxyl groups is 1. The van der Waals surface area contributed by atoms with Gasteiger partial charge in [0.2, 0.25) is 0 Å². The van der Waals surface area contributed by atoms with Gasteiger partial charge in [0, 0.05) is 19.3 Å². The molecule has 0 aromatic heterocycles. The largest absolute Gasteiger partial charge is 0.389 e. The van der Waals surface area contributed by atoms with Crippen molar-refractivity contribution in [1.82, 2.24) is 0 Å². The van der Waals surface area contributed by atoms with Gasteiger partial charge in [-0.15, -0.1) is 0 Å². The predicted octanol–water partition coefficient (Wildman–Crippen LogP) is 1.80. The number of nitrogens with one attached hydrogen (secondary N) is 1. The molecule has 0 fully saturated rings. The fourth-order valence-electron chi connectivity index (χ4n) is 1.21. The maximum absolute atomic E-state index is 9.37. The van der Waals surface area contributed by atoms with E-state index in [0.717, 1.165) is 17.8 Å². The van der Waals surface area contributed by atoms with Gasteiger partial charge in [0.1, 0.15) is 0 Å². The van der Waals surface area contributed by atoms with Crippen LogP contribution in [0.2, 0.25) is 0 Å². The van der Waals surface area contributed by atoms with Crippen molar-refractivity contribution in [2.45, 2.75) is 13.0 Å². The van der Waals surface area contributed by atoms with E-state index in [2.05, 4.69) is 5.32 Å². The molecular formula is C11H17NO2. The van der Waals surface area contributed by atoms with Crippen LogP contribution in [0.1, 0.15) is 18.6 Å². The summed E-state index contributed by atoms with van der Waals surface area (Å²) in [4.78, 5) is 0. The van der Waals surface area contributed by atoms with Crippen LogP contribution in [-0.4, -0.2) is 25.4 Å². The molecule has 1 aromatic carbocycles. The minimum absolute atomic E-state index is 0.417. The highest BCUT2D eigenvalue weighted by Gasteiger charge is 2.00. The van der Waals surface area contributed by atoms with Crippen molar-refractivity contribution < 1.29 is 9.84 Å². The second-order valence-electron chi connectivity index (χ2n) is 3.22. The molecule has 78 valence electrons. The van der Waals surface area contributed by atoms with Crippen LogP contribution < -0.4 is 5.32 Å². The number of ether oxygens (including phenoxy) is 1. The highest BCUT2D eigenvalue weighted by atomic mass is 16.5. The molecule has 3 heteroatoms. The average Bonchev–Trinajstić information content (AvgIpc) is 2.19. The molecule has 0 amide bonds. The summed E-state index contributed by atoms with van der Waals surface area (Å²) in [6, 6.07) is 7.76. The SMILES string of the molecule is COCCNc1cccc(C(C)O)c1. The second-order valence-corrected chi connectivity index (χ2v) is 3.22. The van der Waals surface area contributed by atoms with Crippen molar-refractivity contribution in [3.8, 4) is 0 Å². The van der Waals surface area contributed by atoms with Gasteiger partial charge < -0.3 is 15.2 Å². The monoisotopic (exact) mass is 195 g/mol. The molecule has 1 unspecified atom stereocenters. The van der Waals surface area contributed by atoms with Crippen molar-refractivity contribution in [2.24, 2.45) is 0 Å². The Morgan fingerprint density at radius 1 is 1.50 bits per heavy atom. The summed E-state index contributed by atoms with van der Waals surface area (Å²) in [5.41, 5.74) is 1.94. The lowest BCUT2D eigenvalue weighted by molar-refractivity contribution is 0.199. The Hall–Kier alpha value is -1.06. The van der Waals surface area contributed by atoms with E-state index < -0.39 is 6.10 Å². The van der Waals surface area contributed by atoms with Crippen LogP contribution in [0.15, 0.2) is 24.3 Å². The van der Waals surface area contributed by atoms with Crippen LogP contribution in [0, 0.1) is 0 Å². The summed E-state index contributed by atoms with van der Waals surface area (Å²) in [5.74, 6) is 0. The molecule has 0 aliphatic heterocycles. The van der Waals surface area contributed by atoms with Crippen molar-refractivity contribution >= 4 is 5.69 Å². The third-order valence-corrected chi connectivity index (χ3v) is 2.00. The number of hydrogen-bond donors (Lipinski definition) is 2. The van der Waals surface area contributed by atoms with Crippen molar-refractivity contribution in [2.75, 3.05) is 25.6 Å². The van der Waals surface area contributed by atoms with E-state index in [9.17, 15) is 5.11 Å². The van der Waals surface area contributed by atoms with E-state index in [-0.39, 0.29) is 0 Å². The highest BCUT2D eigenvalue weighted by molar-refractivity contribution is 5.46. The van der Waals surface area contributed by atoms with E-state index in [4.69, 9.17) is 4.74 Å². The summed E-state index contributed by atoms with van der Waals surface area (Å²) < 4.78 is 4.93. The topological polar surface area (TPSA) is 41.5 Å². The van der Waals surface area contributed by atoms with Crippen LogP contribution in [0.5, 0.6) is 0 Å². The van der Waals surface area contributed by atoms with E-state index in [1.807, 2.05) is 24.3 Å². The minimum atomic E-state index is -0.417. The zero-order chi connectivity index (χ0) is 10.4. The van der Waals surface area contributed by atoms with E-state index in [0.29, 0.717) is 6.61 Å². The standard InChI is InChI=1S/C11H17NO2/c1-9(13)10-4-3-5-11(8-10)12-6-7-14-2/h3-5,8-9,12-13H,6-7H2,1-2H3. The molecule has 3 nitrogen and oxygen atoms in total. The third kappa shape index (κ3) is 3.36. The Morgan fingerprint density at radius 2 is 2.29 bits per heavy atom. The molecule has 0 saturated heterocycles. The van der Waals surface area contributed by atoms with Gasteiger partial charge in [-0.1, -0.05) is 12.1 Å². The third-order valence-electron chi connectivity index (χ3n) is 2.00. The molecule has 0 aliphatic carbocycles. The number of anilines is 1. The molecule has 14 heavy (non-hydrogen) atoms. The van der Waals surface area contributed by atoms with Crippen LogP contribution in [0.4, 0.5) is 5.69 Å². The zero-order valence-electron chi connectivity index (χ0n) is 8.66. The maximum Gasteiger partial charge on any atom is 0.0762 e. The fourth-order valence-corrected chi connectivity index (χ4v) is 1.21. The molecule has 2 N–H and O–H groups in total. The van der Waals surface area contributed by atoms with E-state index in [1.54, 1.807) is 14.0 Å². The Morgan fingerprint density at radius 3 is 2.93 bits per heavy atom. The van der Waals surface area contributed by atoms with Gasteiger partial charge >= 0.3 is 0 Å². The Labute approximate surface area is 84.7 Å². The van der Waals surface area contributed by atoms with Gasteiger partial charge in [-0.25, -0.2) is 0 Å². The quantitative estimate of drug-likeness (QED) is 0.704. The van der Waals surface area contributed by atoms with E-state index >= 15 is 0 Å². The summed E-state index contributed by atoms with van der Waals surface area (Å²) in [7, 11) is 1.67. The predicted molar refractivity (Wildman–Crippen MR) is 57.4 cm³/mol. The lowest BCUT2D eigenvalue weighted by Gasteiger charge is -2.09. The first-order valence-corrected chi connectivity index (χ1v) is 4.75. The maximum atomic E-state index is 9.37. The first-order valence-electron chi connectivity index (χ1n) is 4.75. The highest BCUT2D eigenvalue weighted by Crippen LogP contribution is 2.16. The van der Waals surface area contributed by atoms with Crippen LogP contribution >= 0.6 is 0 Å². The zero-order valence-corrected chi connectivity index (χ0v) is 8.66. The van der Waals surface area contributed by atoms with Crippen LogP contribution in [-0.2, 0) is 4.74 Å². The first-order chi connectivity index (χ1) is 6.74. The Kier molecular flexibility index (Phi) is 4.43. The Bertz CT molecular complexity index is 274. The molecular weight excluding hydrogens is 178 g/mol. The summed E-state index contributed by atoms with van der Waals surface area (Å²) in [5, 5.41) is 12.6. The van der Waals surface area contributed by atoms with Gasteiger partial charge in [0.25, 0.3) is 0 Å². The molecule has 1 rings (SSSR count). The molecule has 1 atom stereocenters. The number of rotatable bonds is 5. The van der Waals surface area contributed by atoms with Crippen molar-refractivity contribution in [3.63, 3.8) is 0 Å². The summed E-state index contributed by atoms with van der Waals surface area (Å²) in [6.07, 6.45) is -0.417. The smallest absolute Gasteiger partial charge is 0.0762 e. The minimum Gasteiger partial charge on any atom is -0.389 e. The number of methoxy groups -OCH3 is 1. The molecule has 0 heterocycles.